The molecule has 0 fully saturated rings. The molecular weight excluding hydrogens is 234 g/mol. The van der Waals surface area contributed by atoms with Crippen molar-refractivity contribution in [1.82, 2.24) is 9.88 Å². The topological polar surface area (TPSA) is 59.2 Å². The maximum absolute atomic E-state index is 12.4. The van der Waals surface area contributed by atoms with Crippen molar-refractivity contribution in [1.29, 1.82) is 0 Å². The summed E-state index contributed by atoms with van der Waals surface area (Å²) in [5.41, 5.74) is 6.05. The molecule has 1 aromatic rings. The van der Waals surface area contributed by atoms with Gasteiger partial charge in [0, 0.05) is 12.1 Å². The number of rotatable bonds is 3. The van der Waals surface area contributed by atoms with Gasteiger partial charge < -0.3 is 10.6 Å². The zero-order chi connectivity index (χ0) is 13.2. The highest BCUT2D eigenvalue weighted by molar-refractivity contribution is 7.17. The lowest BCUT2D eigenvalue weighted by Gasteiger charge is -2.34. The summed E-state index contributed by atoms with van der Waals surface area (Å²) in [5, 5.41) is 0.429. The van der Waals surface area contributed by atoms with Crippen LogP contribution in [0, 0.1) is 6.92 Å². The van der Waals surface area contributed by atoms with E-state index in [0.29, 0.717) is 22.2 Å². The van der Waals surface area contributed by atoms with E-state index in [4.69, 9.17) is 5.73 Å². The molecule has 0 aliphatic heterocycles. The minimum Gasteiger partial charge on any atom is -0.375 e. The lowest BCUT2D eigenvalue weighted by Crippen LogP contribution is -2.45. The largest absolute Gasteiger partial charge is 0.375 e. The van der Waals surface area contributed by atoms with E-state index in [1.54, 1.807) is 17.9 Å². The zero-order valence-electron chi connectivity index (χ0n) is 10.8. The van der Waals surface area contributed by atoms with Crippen LogP contribution in [-0.4, -0.2) is 27.9 Å². The van der Waals surface area contributed by atoms with Gasteiger partial charge in [0.25, 0.3) is 5.91 Å². The molecule has 0 saturated heterocycles. The first-order valence-electron chi connectivity index (χ1n) is 5.43. The minimum atomic E-state index is -0.254. The van der Waals surface area contributed by atoms with Gasteiger partial charge in [0.15, 0.2) is 5.13 Å². The first-order valence-corrected chi connectivity index (χ1v) is 6.24. The highest BCUT2D eigenvalue weighted by Gasteiger charge is 2.28. The maximum atomic E-state index is 12.4. The van der Waals surface area contributed by atoms with Gasteiger partial charge in [0.2, 0.25) is 0 Å². The molecule has 1 aromatic heterocycles. The summed E-state index contributed by atoms with van der Waals surface area (Å²) in [6.07, 6.45) is 1.73. The number of anilines is 1. The van der Waals surface area contributed by atoms with E-state index in [9.17, 15) is 4.79 Å². The SMILES string of the molecule is C=CCN(C(=O)c1sc(N)nc1C)C(C)(C)C. The summed E-state index contributed by atoms with van der Waals surface area (Å²) in [4.78, 5) is 18.9. The molecule has 0 aliphatic rings. The average Bonchev–Trinajstić information content (AvgIpc) is 2.51. The van der Waals surface area contributed by atoms with Gasteiger partial charge in [-0.1, -0.05) is 17.4 Å². The summed E-state index contributed by atoms with van der Waals surface area (Å²) < 4.78 is 0. The summed E-state index contributed by atoms with van der Waals surface area (Å²) in [5.74, 6) is -0.0379. The Kier molecular flexibility index (Phi) is 3.93. The fourth-order valence-corrected chi connectivity index (χ4v) is 2.31. The summed E-state index contributed by atoms with van der Waals surface area (Å²) >= 11 is 1.23. The highest BCUT2D eigenvalue weighted by atomic mass is 32.1. The molecule has 0 bridgehead atoms. The lowest BCUT2D eigenvalue weighted by molar-refractivity contribution is 0.0621. The normalized spacial score (nSPS) is 11.3. The number of nitrogens with zero attached hydrogens (tertiary/aromatic N) is 2. The molecule has 1 heterocycles. The molecule has 17 heavy (non-hydrogen) atoms. The molecule has 0 spiro atoms. The van der Waals surface area contributed by atoms with E-state index in [-0.39, 0.29) is 11.4 Å². The van der Waals surface area contributed by atoms with Crippen molar-refractivity contribution in [2.24, 2.45) is 0 Å². The Morgan fingerprint density at radius 1 is 1.59 bits per heavy atom. The fourth-order valence-electron chi connectivity index (χ4n) is 1.53. The molecule has 0 unspecified atom stereocenters. The van der Waals surface area contributed by atoms with Crippen LogP contribution in [-0.2, 0) is 0 Å². The third-order valence-electron chi connectivity index (χ3n) is 2.37. The number of aromatic nitrogens is 1. The maximum Gasteiger partial charge on any atom is 0.266 e. The Labute approximate surface area is 106 Å². The molecular formula is C12H19N3OS. The monoisotopic (exact) mass is 253 g/mol. The number of hydrogen-bond donors (Lipinski definition) is 1. The highest BCUT2D eigenvalue weighted by Crippen LogP contribution is 2.25. The van der Waals surface area contributed by atoms with Crippen LogP contribution in [0.15, 0.2) is 12.7 Å². The molecule has 0 atom stereocenters. The summed E-state index contributed by atoms with van der Waals surface area (Å²) in [6, 6.07) is 0. The summed E-state index contributed by atoms with van der Waals surface area (Å²) in [7, 11) is 0. The van der Waals surface area contributed by atoms with E-state index >= 15 is 0 Å². The third kappa shape index (κ3) is 3.06. The van der Waals surface area contributed by atoms with E-state index in [1.807, 2.05) is 20.8 Å². The number of amides is 1. The van der Waals surface area contributed by atoms with Gasteiger partial charge in [-0.2, -0.15) is 0 Å². The molecule has 94 valence electrons. The number of nitrogen functional groups attached to an aromatic ring is 1. The van der Waals surface area contributed by atoms with Gasteiger partial charge in [-0.25, -0.2) is 4.98 Å². The third-order valence-corrected chi connectivity index (χ3v) is 3.35. The van der Waals surface area contributed by atoms with Crippen LogP contribution in [0.4, 0.5) is 5.13 Å². The second kappa shape index (κ2) is 4.87. The van der Waals surface area contributed by atoms with Crippen molar-refractivity contribution in [3.63, 3.8) is 0 Å². The van der Waals surface area contributed by atoms with Crippen LogP contribution in [0.3, 0.4) is 0 Å². The van der Waals surface area contributed by atoms with Crippen LogP contribution >= 0.6 is 11.3 Å². The van der Waals surface area contributed by atoms with Gasteiger partial charge in [-0.15, -0.1) is 6.58 Å². The van der Waals surface area contributed by atoms with Crippen LogP contribution in [0.5, 0.6) is 0 Å². The predicted octanol–water partition coefficient (Wildman–Crippen LogP) is 2.46. The number of carbonyl (C=O) groups excluding carboxylic acids is 1. The predicted molar refractivity (Wildman–Crippen MR) is 72.2 cm³/mol. The van der Waals surface area contributed by atoms with Crippen molar-refractivity contribution in [3.8, 4) is 0 Å². The first kappa shape index (κ1) is 13.7. The second-order valence-electron chi connectivity index (χ2n) is 4.84. The molecule has 0 aromatic carbocycles. The summed E-state index contributed by atoms with van der Waals surface area (Å²) in [6.45, 7) is 12.0. The van der Waals surface area contributed by atoms with Crippen molar-refractivity contribution < 1.29 is 4.79 Å². The zero-order valence-corrected chi connectivity index (χ0v) is 11.6. The Hall–Kier alpha value is -1.36. The van der Waals surface area contributed by atoms with Crippen LogP contribution in [0.1, 0.15) is 36.1 Å². The number of nitrogens with two attached hydrogens (primary N) is 1. The Morgan fingerprint density at radius 3 is 2.53 bits per heavy atom. The smallest absolute Gasteiger partial charge is 0.266 e. The van der Waals surface area contributed by atoms with Gasteiger partial charge in [0.05, 0.1) is 5.69 Å². The minimum absolute atomic E-state index is 0.0379. The quantitative estimate of drug-likeness (QED) is 0.842. The van der Waals surface area contributed by atoms with Gasteiger partial charge in [-0.05, 0) is 27.7 Å². The molecule has 4 nitrogen and oxygen atoms in total. The van der Waals surface area contributed by atoms with E-state index in [1.165, 1.54) is 11.3 Å². The fraction of sp³-hybridized carbons (Fsp3) is 0.500. The van der Waals surface area contributed by atoms with Crippen molar-refractivity contribution in [2.45, 2.75) is 33.2 Å². The van der Waals surface area contributed by atoms with Crippen molar-refractivity contribution >= 4 is 22.4 Å². The van der Waals surface area contributed by atoms with Crippen molar-refractivity contribution in [2.75, 3.05) is 12.3 Å². The second-order valence-corrected chi connectivity index (χ2v) is 5.87. The van der Waals surface area contributed by atoms with Gasteiger partial charge in [0.1, 0.15) is 4.88 Å². The number of carbonyl (C=O) groups is 1. The Morgan fingerprint density at radius 2 is 2.18 bits per heavy atom. The number of thiazole rings is 1. The standard InChI is InChI=1S/C12H19N3OS/c1-6-7-15(12(3,4)5)10(16)9-8(2)14-11(13)17-9/h6H,1,7H2,2-5H3,(H2,13,14). The molecule has 0 radical (unpaired) electrons. The molecule has 1 rings (SSSR count). The molecule has 1 amide bonds. The average molecular weight is 253 g/mol. The number of aryl methyl sites for hydroxylation is 1. The lowest BCUT2D eigenvalue weighted by atomic mass is 10.1. The van der Waals surface area contributed by atoms with Gasteiger partial charge in [-0.3, -0.25) is 4.79 Å². The molecule has 5 heteroatoms. The van der Waals surface area contributed by atoms with Crippen LogP contribution < -0.4 is 5.73 Å². The van der Waals surface area contributed by atoms with E-state index < -0.39 is 0 Å². The van der Waals surface area contributed by atoms with Crippen LogP contribution in [0.2, 0.25) is 0 Å². The van der Waals surface area contributed by atoms with Gasteiger partial charge >= 0.3 is 0 Å². The van der Waals surface area contributed by atoms with Crippen molar-refractivity contribution in [3.05, 3.63) is 23.2 Å². The van der Waals surface area contributed by atoms with Crippen LogP contribution in [0.25, 0.3) is 0 Å². The Bertz CT molecular complexity index is 431. The first-order chi connectivity index (χ1) is 7.77. The van der Waals surface area contributed by atoms with E-state index in [0.717, 1.165) is 0 Å². The molecule has 0 saturated carbocycles. The Balaban J connectivity index is 3.08. The van der Waals surface area contributed by atoms with E-state index in [2.05, 4.69) is 11.6 Å². The number of hydrogen-bond acceptors (Lipinski definition) is 4. The molecule has 0 aliphatic carbocycles. The molecule has 2 N–H and O–H groups in total.